The number of hydrogen-bond acceptors (Lipinski definition) is 2. The van der Waals surface area contributed by atoms with Crippen molar-refractivity contribution in [2.45, 2.75) is 19.8 Å². The molecule has 0 atom stereocenters. The summed E-state index contributed by atoms with van der Waals surface area (Å²) in [5.41, 5.74) is 1.49. The lowest BCUT2D eigenvalue weighted by Gasteiger charge is -2.01. The minimum Gasteiger partial charge on any atom is -0.481 e. The predicted octanol–water partition coefficient (Wildman–Crippen LogP) is 2.18. The fraction of sp³-hybridized carbons (Fsp3) is 0.273. The van der Waals surface area contributed by atoms with E-state index in [4.69, 9.17) is 16.7 Å². The monoisotopic (exact) mass is 238 g/mol. The topological polar surface area (TPSA) is 54.6 Å². The van der Waals surface area contributed by atoms with Crippen LogP contribution in [0.5, 0.6) is 0 Å². The van der Waals surface area contributed by atoms with E-state index in [9.17, 15) is 4.79 Å². The molecule has 2 aromatic heterocycles. The molecule has 0 fully saturated rings. The zero-order valence-corrected chi connectivity index (χ0v) is 9.53. The molecular weight excluding hydrogens is 228 g/mol. The average Bonchev–Trinajstić information content (AvgIpc) is 2.55. The van der Waals surface area contributed by atoms with Gasteiger partial charge in [-0.3, -0.25) is 4.79 Å². The maximum Gasteiger partial charge on any atom is 0.307 e. The Kier molecular flexibility index (Phi) is 2.83. The largest absolute Gasteiger partial charge is 0.481 e. The fourth-order valence-corrected chi connectivity index (χ4v) is 1.93. The number of halogens is 1. The van der Waals surface area contributed by atoms with Crippen molar-refractivity contribution in [3.63, 3.8) is 0 Å². The van der Waals surface area contributed by atoms with Crippen molar-refractivity contribution < 1.29 is 9.90 Å². The van der Waals surface area contributed by atoms with Gasteiger partial charge in [0.05, 0.1) is 11.9 Å². The van der Waals surface area contributed by atoms with Crippen molar-refractivity contribution in [2.75, 3.05) is 0 Å². The van der Waals surface area contributed by atoms with Crippen molar-refractivity contribution in [1.29, 1.82) is 0 Å². The quantitative estimate of drug-likeness (QED) is 0.892. The van der Waals surface area contributed by atoms with Gasteiger partial charge in [0, 0.05) is 12.6 Å². The Labute approximate surface area is 97.5 Å². The van der Waals surface area contributed by atoms with Crippen molar-refractivity contribution >= 4 is 23.1 Å². The summed E-state index contributed by atoms with van der Waals surface area (Å²) in [6, 6.07) is 3.54. The first-order valence-corrected chi connectivity index (χ1v) is 5.36. The summed E-state index contributed by atoms with van der Waals surface area (Å²) >= 11 is 5.99. The molecule has 0 aromatic carbocycles. The van der Waals surface area contributed by atoms with E-state index < -0.39 is 5.97 Å². The first-order valence-electron chi connectivity index (χ1n) is 4.99. The van der Waals surface area contributed by atoms with Gasteiger partial charge < -0.3 is 9.51 Å². The van der Waals surface area contributed by atoms with Crippen LogP contribution in [0.1, 0.15) is 18.3 Å². The second-order valence-electron chi connectivity index (χ2n) is 3.53. The molecule has 16 heavy (non-hydrogen) atoms. The van der Waals surface area contributed by atoms with Gasteiger partial charge in [0.15, 0.2) is 5.15 Å². The highest BCUT2D eigenvalue weighted by molar-refractivity contribution is 6.32. The summed E-state index contributed by atoms with van der Waals surface area (Å²) in [6.07, 6.45) is 2.59. The Morgan fingerprint density at radius 1 is 1.62 bits per heavy atom. The third-order valence-electron chi connectivity index (χ3n) is 2.41. The minimum atomic E-state index is -0.851. The minimum absolute atomic E-state index is 0.000529. The second kappa shape index (κ2) is 4.14. The van der Waals surface area contributed by atoms with E-state index in [0.717, 1.165) is 23.3 Å². The van der Waals surface area contributed by atoms with Crippen LogP contribution in [-0.2, 0) is 17.6 Å². The third kappa shape index (κ3) is 1.88. The molecule has 2 heterocycles. The highest BCUT2D eigenvalue weighted by Crippen LogP contribution is 2.20. The van der Waals surface area contributed by atoms with Crippen LogP contribution >= 0.6 is 11.6 Å². The van der Waals surface area contributed by atoms with Crippen LogP contribution in [0, 0.1) is 0 Å². The third-order valence-corrected chi connectivity index (χ3v) is 2.69. The number of rotatable bonds is 3. The van der Waals surface area contributed by atoms with Gasteiger partial charge in [0.1, 0.15) is 5.82 Å². The first-order chi connectivity index (χ1) is 7.61. The number of imidazole rings is 1. The van der Waals surface area contributed by atoms with Gasteiger partial charge in [-0.25, -0.2) is 4.98 Å². The maximum absolute atomic E-state index is 10.6. The summed E-state index contributed by atoms with van der Waals surface area (Å²) in [4.78, 5) is 14.8. The van der Waals surface area contributed by atoms with E-state index in [0.29, 0.717) is 5.15 Å². The lowest BCUT2D eigenvalue weighted by molar-refractivity contribution is -0.136. The summed E-state index contributed by atoms with van der Waals surface area (Å²) in [7, 11) is 0. The van der Waals surface area contributed by atoms with Crippen molar-refractivity contribution in [3.8, 4) is 0 Å². The van der Waals surface area contributed by atoms with Gasteiger partial charge in [-0.05, 0) is 17.7 Å². The molecule has 4 nitrogen and oxygen atoms in total. The molecule has 0 amide bonds. The highest BCUT2D eigenvalue weighted by atomic mass is 35.5. The van der Waals surface area contributed by atoms with Gasteiger partial charge in [-0.1, -0.05) is 18.5 Å². The van der Waals surface area contributed by atoms with Crippen LogP contribution < -0.4 is 0 Å². The molecule has 0 aliphatic carbocycles. The molecule has 1 N–H and O–H groups in total. The average molecular weight is 239 g/mol. The van der Waals surface area contributed by atoms with Gasteiger partial charge >= 0.3 is 5.97 Å². The second-order valence-corrected chi connectivity index (χ2v) is 3.89. The van der Waals surface area contributed by atoms with Gasteiger partial charge in [0.2, 0.25) is 0 Å². The predicted molar refractivity (Wildman–Crippen MR) is 60.9 cm³/mol. The number of carbonyl (C=O) groups is 1. The lowest BCUT2D eigenvalue weighted by Crippen LogP contribution is -2.01. The van der Waals surface area contributed by atoms with E-state index in [2.05, 4.69) is 4.98 Å². The van der Waals surface area contributed by atoms with E-state index >= 15 is 0 Å². The number of nitrogens with zero attached hydrogens (tertiary/aromatic N) is 2. The SMILES string of the molecule is CCc1nc(Cl)c2cc(CC(=O)O)ccn12. The number of carboxylic acids is 1. The number of fused-ring (bicyclic) bond motifs is 1. The van der Waals surface area contributed by atoms with E-state index in [1.807, 2.05) is 17.5 Å². The molecule has 0 saturated heterocycles. The first kappa shape index (κ1) is 11.0. The van der Waals surface area contributed by atoms with E-state index in [-0.39, 0.29) is 6.42 Å². The Balaban J connectivity index is 2.53. The van der Waals surface area contributed by atoms with Crippen LogP contribution in [-0.4, -0.2) is 20.5 Å². The molecule has 2 rings (SSSR count). The molecule has 84 valence electrons. The Bertz CT molecular complexity index is 548. The number of hydrogen-bond donors (Lipinski definition) is 1. The molecule has 0 saturated carbocycles. The van der Waals surface area contributed by atoms with Crippen LogP contribution in [0.15, 0.2) is 18.3 Å². The molecular formula is C11H11ClN2O2. The molecule has 0 radical (unpaired) electrons. The smallest absolute Gasteiger partial charge is 0.307 e. The molecule has 0 aliphatic rings. The Morgan fingerprint density at radius 2 is 2.38 bits per heavy atom. The van der Waals surface area contributed by atoms with Crippen molar-refractivity contribution in [2.24, 2.45) is 0 Å². The number of aromatic nitrogens is 2. The van der Waals surface area contributed by atoms with Crippen LogP contribution in [0.4, 0.5) is 0 Å². The maximum atomic E-state index is 10.6. The summed E-state index contributed by atoms with van der Waals surface area (Å²) in [5.74, 6) is 0.0255. The molecule has 5 heteroatoms. The molecule has 2 aromatic rings. The normalized spacial score (nSPS) is 10.9. The van der Waals surface area contributed by atoms with Crippen LogP contribution in [0.2, 0.25) is 5.15 Å². The summed E-state index contributed by atoms with van der Waals surface area (Å²) in [6.45, 7) is 2.00. The van der Waals surface area contributed by atoms with Crippen molar-refractivity contribution in [1.82, 2.24) is 9.38 Å². The Hall–Kier alpha value is -1.55. The van der Waals surface area contributed by atoms with Gasteiger partial charge in [-0.2, -0.15) is 0 Å². The summed E-state index contributed by atoms with van der Waals surface area (Å²) < 4.78 is 1.88. The summed E-state index contributed by atoms with van der Waals surface area (Å²) in [5, 5.41) is 9.12. The van der Waals surface area contributed by atoms with Crippen LogP contribution in [0.25, 0.3) is 5.52 Å². The van der Waals surface area contributed by atoms with Gasteiger partial charge in [0.25, 0.3) is 0 Å². The van der Waals surface area contributed by atoms with E-state index in [1.165, 1.54) is 0 Å². The number of carboxylic acid groups (broad SMARTS) is 1. The molecule has 0 unspecified atom stereocenters. The molecule has 0 aliphatic heterocycles. The number of aryl methyl sites for hydroxylation is 1. The van der Waals surface area contributed by atoms with E-state index in [1.54, 1.807) is 12.1 Å². The fourth-order valence-electron chi connectivity index (χ4n) is 1.69. The lowest BCUT2D eigenvalue weighted by atomic mass is 10.2. The standard InChI is InChI=1S/C11H11ClN2O2/c1-2-9-13-11(12)8-5-7(6-10(15)16)3-4-14(8)9/h3-5H,2,6H2,1H3,(H,15,16). The van der Waals surface area contributed by atoms with Crippen LogP contribution in [0.3, 0.4) is 0 Å². The van der Waals surface area contributed by atoms with Crippen molar-refractivity contribution in [3.05, 3.63) is 34.9 Å². The molecule has 0 spiro atoms. The number of pyridine rings is 1. The number of aliphatic carboxylic acids is 1. The highest BCUT2D eigenvalue weighted by Gasteiger charge is 2.09. The zero-order valence-electron chi connectivity index (χ0n) is 8.77. The Morgan fingerprint density at radius 3 is 3.00 bits per heavy atom. The molecule has 0 bridgehead atoms. The van der Waals surface area contributed by atoms with Gasteiger partial charge in [-0.15, -0.1) is 0 Å². The zero-order chi connectivity index (χ0) is 11.7.